The van der Waals surface area contributed by atoms with Crippen molar-refractivity contribution in [3.63, 3.8) is 0 Å². The number of hydrogen-bond donors (Lipinski definition) is 1. The molecule has 0 bridgehead atoms. The van der Waals surface area contributed by atoms with Crippen molar-refractivity contribution in [3.8, 4) is 0 Å². The summed E-state index contributed by atoms with van der Waals surface area (Å²) in [6, 6.07) is 7.49. The summed E-state index contributed by atoms with van der Waals surface area (Å²) in [4.78, 5) is 18.7. The molecule has 22 heavy (non-hydrogen) atoms. The van der Waals surface area contributed by atoms with Crippen LogP contribution in [0.1, 0.15) is 11.1 Å². The summed E-state index contributed by atoms with van der Waals surface area (Å²) in [6.07, 6.45) is 0. The van der Waals surface area contributed by atoms with Crippen LogP contribution < -0.4 is 40.0 Å². The largest absolute Gasteiger partial charge is 1.00 e. The van der Waals surface area contributed by atoms with E-state index in [2.05, 4.69) is 15.3 Å². The Labute approximate surface area is 160 Å². The number of carboxylic acid groups (broad SMARTS) is 1. The Morgan fingerprint density at radius 2 is 2.09 bits per heavy atom. The van der Waals surface area contributed by atoms with Crippen LogP contribution in [0.3, 0.4) is 0 Å². The fraction of sp³-hybridized carbons (Fsp3) is 0.214. The van der Waals surface area contributed by atoms with E-state index in [-0.39, 0.29) is 40.5 Å². The number of carbonyl (C=O) groups excluding carboxylic acids is 1. The topological polar surface area (TPSA) is 77.9 Å². The van der Waals surface area contributed by atoms with Crippen molar-refractivity contribution >= 4 is 40.8 Å². The molecule has 0 amide bonds. The molecular weight excluding hydrogens is 333 g/mol. The zero-order chi connectivity index (χ0) is 15.4. The van der Waals surface area contributed by atoms with Gasteiger partial charge in [0.25, 0.3) is 0 Å². The molecular formula is C14H13ClN3NaO2S. The fourth-order valence-electron chi connectivity index (χ4n) is 1.67. The molecule has 0 fully saturated rings. The Balaban J connectivity index is 0.00000242. The van der Waals surface area contributed by atoms with Gasteiger partial charge in [-0.3, -0.25) is 0 Å². The summed E-state index contributed by atoms with van der Waals surface area (Å²) in [5, 5.41) is 14.2. The van der Waals surface area contributed by atoms with Crippen molar-refractivity contribution in [1.82, 2.24) is 9.97 Å². The number of anilines is 2. The van der Waals surface area contributed by atoms with Crippen LogP contribution in [0.5, 0.6) is 0 Å². The summed E-state index contributed by atoms with van der Waals surface area (Å²) in [5.74, 6) is -0.874. The minimum atomic E-state index is -1.17. The minimum Gasteiger partial charge on any atom is -0.549 e. The Morgan fingerprint density at radius 1 is 1.36 bits per heavy atom. The zero-order valence-electron chi connectivity index (χ0n) is 12.5. The van der Waals surface area contributed by atoms with Crippen LogP contribution in [0.15, 0.2) is 29.4 Å². The Hall–Kier alpha value is -0.790. The van der Waals surface area contributed by atoms with Gasteiger partial charge in [0.1, 0.15) is 11.0 Å². The molecule has 0 saturated carbocycles. The van der Waals surface area contributed by atoms with Gasteiger partial charge in [0.2, 0.25) is 0 Å². The average Bonchev–Trinajstić information content (AvgIpc) is 2.41. The number of halogens is 1. The number of carbonyl (C=O) groups is 1. The molecule has 1 aromatic heterocycles. The van der Waals surface area contributed by atoms with Crippen molar-refractivity contribution in [1.29, 1.82) is 0 Å². The molecule has 0 spiro atoms. The first-order valence-electron chi connectivity index (χ1n) is 6.16. The van der Waals surface area contributed by atoms with Gasteiger partial charge in [0, 0.05) is 17.5 Å². The van der Waals surface area contributed by atoms with Gasteiger partial charge in [-0.2, -0.15) is 0 Å². The summed E-state index contributed by atoms with van der Waals surface area (Å²) in [7, 11) is 0. The number of rotatable bonds is 5. The second kappa shape index (κ2) is 8.74. The third kappa shape index (κ3) is 5.44. The SMILES string of the molecule is Cc1cccc(Nc2cc(Cl)nc(SCC(=O)[O-])n2)c1C.[Na+]. The van der Waals surface area contributed by atoms with Crippen LogP contribution in [0.4, 0.5) is 11.5 Å². The second-order valence-corrected chi connectivity index (χ2v) is 5.72. The summed E-state index contributed by atoms with van der Waals surface area (Å²) < 4.78 is 0. The third-order valence-electron chi connectivity index (χ3n) is 2.86. The number of nitrogens with zero attached hydrogens (tertiary/aromatic N) is 2. The van der Waals surface area contributed by atoms with Gasteiger partial charge in [-0.1, -0.05) is 35.5 Å². The molecule has 5 nitrogen and oxygen atoms in total. The van der Waals surface area contributed by atoms with E-state index in [1.165, 1.54) is 0 Å². The van der Waals surface area contributed by atoms with E-state index in [1.807, 2.05) is 32.0 Å². The first-order chi connectivity index (χ1) is 9.95. The smallest absolute Gasteiger partial charge is 0.549 e. The predicted molar refractivity (Wildman–Crippen MR) is 82.0 cm³/mol. The molecule has 0 aliphatic rings. The first kappa shape index (κ1) is 19.3. The molecule has 1 aromatic carbocycles. The zero-order valence-corrected chi connectivity index (χ0v) is 16.1. The molecule has 1 N–H and O–H groups in total. The van der Waals surface area contributed by atoms with Crippen molar-refractivity contribution in [2.75, 3.05) is 11.1 Å². The monoisotopic (exact) mass is 345 g/mol. The number of aryl methyl sites for hydroxylation is 1. The molecule has 2 aromatic rings. The maximum Gasteiger partial charge on any atom is 1.00 e. The molecule has 0 unspecified atom stereocenters. The van der Waals surface area contributed by atoms with Gasteiger partial charge in [0.15, 0.2) is 5.16 Å². The van der Waals surface area contributed by atoms with E-state index < -0.39 is 5.97 Å². The van der Waals surface area contributed by atoms with Crippen LogP contribution >= 0.6 is 23.4 Å². The maximum absolute atomic E-state index is 10.5. The van der Waals surface area contributed by atoms with Crippen LogP contribution in [-0.4, -0.2) is 21.7 Å². The van der Waals surface area contributed by atoms with Gasteiger partial charge in [-0.05, 0) is 31.0 Å². The molecule has 110 valence electrons. The number of aromatic nitrogens is 2. The molecule has 0 atom stereocenters. The molecule has 1 heterocycles. The number of hydrogen-bond acceptors (Lipinski definition) is 6. The molecule has 2 rings (SSSR count). The summed E-state index contributed by atoms with van der Waals surface area (Å²) in [6.45, 7) is 4.03. The minimum absolute atomic E-state index is 0. The average molecular weight is 346 g/mol. The summed E-state index contributed by atoms with van der Waals surface area (Å²) in [5.41, 5.74) is 3.18. The Morgan fingerprint density at radius 3 is 2.77 bits per heavy atom. The second-order valence-electron chi connectivity index (χ2n) is 4.39. The van der Waals surface area contributed by atoms with Gasteiger partial charge in [-0.15, -0.1) is 0 Å². The Bertz CT molecular complexity index is 685. The third-order valence-corrected chi connectivity index (χ3v) is 3.88. The maximum atomic E-state index is 10.5. The number of nitrogens with one attached hydrogen (secondary N) is 1. The quantitative estimate of drug-likeness (QED) is 0.335. The van der Waals surface area contributed by atoms with Crippen molar-refractivity contribution in [2.24, 2.45) is 0 Å². The van der Waals surface area contributed by atoms with E-state index in [4.69, 9.17) is 11.6 Å². The number of thioether (sulfide) groups is 1. The normalized spacial score (nSPS) is 9.95. The van der Waals surface area contributed by atoms with Crippen LogP contribution in [0.2, 0.25) is 5.15 Å². The van der Waals surface area contributed by atoms with Crippen molar-refractivity contribution < 1.29 is 39.5 Å². The van der Waals surface area contributed by atoms with Crippen LogP contribution in [-0.2, 0) is 4.79 Å². The van der Waals surface area contributed by atoms with Crippen molar-refractivity contribution in [2.45, 2.75) is 19.0 Å². The molecule has 8 heteroatoms. The number of benzene rings is 1. The van der Waals surface area contributed by atoms with E-state index in [0.29, 0.717) is 11.0 Å². The van der Waals surface area contributed by atoms with E-state index in [9.17, 15) is 9.90 Å². The first-order valence-corrected chi connectivity index (χ1v) is 7.52. The van der Waals surface area contributed by atoms with Gasteiger partial charge >= 0.3 is 29.6 Å². The Kier molecular flexibility index (Phi) is 7.65. The van der Waals surface area contributed by atoms with E-state index >= 15 is 0 Å². The fourth-order valence-corrected chi connectivity index (χ4v) is 2.48. The number of aliphatic carboxylic acids is 1. The van der Waals surface area contributed by atoms with Crippen molar-refractivity contribution in [3.05, 3.63) is 40.5 Å². The molecule has 0 aliphatic carbocycles. The summed E-state index contributed by atoms with van der Waals surface area (Å²) >= 11 is 6.90. The molecule has 0 aliphatic heterocycles. The van der Waals surface area contributed by atoms with Crippen LogP contribution in [0, 0.1) is 13.8 Å². The predicted octanol–water partition coefficient (Wildman–Crippen LogP) is -0.664. The van der Waals surface area contributed by atoms with Crippen LogP contribution in [0.25, 0.3) is 0 Å². The molecule has 0 saturated heterocycles. The number of carboxylic acids is 1. The van der Waals surface area contributed by atoms with E-state index in [1.54, 1.807) is 6.07 Å². The standard InChI is InChI=1S/C14H14ClN3O2S.Na/c1-8-4-3-5-10(9(8)2)16-12-6-11(15)17-14(18-12)21-7-13(19)20;/h3-6H,7H2,1-2H3,(H,19,20)(H,16,17,18);/q;+1/p-1. The van der Waals surface area contributed by atoms with Gasteiger partial charge in [-0.25, -0.2) is 9.97 Å². The van der Waals surface area contributed by atoms with Gasteiger partial charge in [0.05, 0.1) is 5.97 Å². The van der Waals surface area contributed by atoms with Gasteiger partial charge < -0.3 is 15.2 Å². The molecule has 0 radical (unpaired) electrons. The van der Waals surface area contributed by atoms with E-state index in [0.717, 1.165) is 28.6 Å².